The van der Waals surface area contributed by atoms with Crippen molar-refractivity contribution in [2.24, 2.45) is 17.8 Å². The van der Waals surface area contributed by atoms with Crippen molar-refractivity contribution in [2.45, 2.75) is 203 Å². The van der Waals surface area contributed by atoms with Crippen LogP contribution in [0.1, 0.15) is 112 Å². The Kier molecular flexibility index (Phi) is 21.4. The molecule has 18 nitrogen and oxygen atoms in total. The van der Waals surface area contributed by atoms with E-state index in [0.29, 0.717) is 24.1 Å². The molecule has 0 aliphatic carbocycles. The molecule has 3 aliphatic rings. The standard InChI is InChI=1S/C53H82F6N4O14S/c1-13-40-50(10,68)44(65)33(6)61-27-29(2)25-48(8,67)45(77-47-42(64)39(24-30(3)73-47)63(11)78(70,71)62-38-20-18-37(19-21-38)53(57,58)59)31(4)43(32(5)46(66)75-40)76-41-26-49(9,72-12)51(69,34(7)74-41)28-60-23-22-35-14-16-36(17-15-35)52(54,55)56/h14-21,29-34,39-45,47,60-62,64-65,67-69H,13,22-28H2,1-12H3/t29-,30-,31+,32-,33-,34+,39+,40-,41+,42-,43+,44-,45-,47+,48-,49-,50-,51+/m1/s1. The Morgan fingerprint density at radius 2 is 1.44 bits per heavy atom. The van der Waals surface area contributed by atoms with Crippen LogP contribution in [-0.4, -0.2) is 168 Å². The normalized spacial score (nSPS) is 38.3. The van der Waals surface area contributed by atoms with Gasteiger partial charge in [-0.1, -0.05) is 32.9 Å². The van der Waals surface area contributed by atoms with E-state index in [1.807, 2.05) is 6.92 Å². The summed E-state index contributed by atoms with van der Waals surface area (Å²) in [4.78, 5) is 14.6. The summed E-state index contributed by atoms with van der Waals surface area (Å²) in [6.07, 6.45) is -21.1. The number of hydrogen-bond acceptors (Lipinski definition) is 16. The van der Waals surface area contributed by atoms with Crippen LogP contribution in [0.5, 0.6) is 0 Å². The van der Waals surface area contributed by atoms with Gasteiger partial charge in [-0.25, -0.2) is 0 Å². The largest absolute Gasteiger partial charge is 0.459 e. The zero-order valence-corrected chi connectivity index (χ0v) is 47.2. The topological polar surface area (TPSA) is 247 Å². The molecule has 0 bridgehead atoms. The monoisotopic (exact) mass is 1140 g/mol. The van der Waals surface area contributed by atoms with Gasteiger partial charge in [-0.2, -0.15) is 39.1 Å². The predicted molar refractivity (Wildman–Crippen MR) is 275 cm³/mol. The molecule has 0 amide bonds. The van der Waals surface area contributed by atoms with Gasteiger partial charge in [-0.3, -0.25) is 9.52 Å². The van der Waals surface area contributed by atoms with Crippen LogP contribution >= 0.6 is 0 Å². The molecule has 3 aliphatic heterocycles. The molecule has 0 radical (unpaired) electrons. The Balaban J connectivity index is 1.49. The molecule has 3 saturated heterocycles. The minimum Gasteiger partial charge on any atom is -0.459 e. The van der Waals surface area contributed by atoms with Gasteiger partial charge in [-0.05, 0) is 135 Å². The van der Waals surface area contributed by atoms with Gasteiger partial charge >= 0.3 is 28.5 Å². The van der Waals surface area contributed by atoms with Gasteiger partial charge < -0.3 is 64.6 Å². The number of alkyl halides is 6. The highest BCUT2D eigenvalue weighted by atomic mass is 32.2. The van der Waals surface area contributed by atoms with Crippen LogP contribution < -0.4 is 15.4 Å². The van der Waals surface area contributed by atoms with E-state index in [1.54, 1.807) is 41.5 Å². The number of esters is 1. The van der Waals surface area contributed by atoms with Gasteiger partial charge in [0, 0.05) is 44.8 Å². The summed E-state index contributed by atoms with van der Waals surface area (Å²) in [6, 6.07) is 6.05. The van der Waals surface area contributed by atoms with Crippen molar-refractivity contribution in [3.05, 3.63) is 65.2 Å². The van der Waals surface area contributed by atoms with E-state index in [-0.39, 0.29) is 51.0 Å². The number of benzene rings is 2. The maximum absolute atomic E-state index is 14.6. The van der Waals surface area contributed by atoms with Crippen molar-refractivity contribution in [1.82, 2.24) is 14.9 Å². The number of likely N-dealkylation sites (N-methyl/N-ethyl adjacent to an activating group) is 1. The molecule has 0 aromatic heterocycles. The van der Waals surface area contributed by atoms with E-state index >= 15 is 0 Å². The Morgan fingerprint density at radius 1 is 0.859 bits per heavy atom. The smallest absolute Gasteiger partial charge is 0.416 e. The van der Waals surface area contributed by atoms with Gasteiger partial charge in [0.25, 0.3) is 0 Å². The number of rotatable bonds is 15. The van der Waals surface area contributed by atoms with Crippen molar-refractivity contribution in [2.75, 3.05) is 38.5 Å². The van der Waals surface area contributed by atoms with Crippen LogP contribution in [0.4, 0.5) is 32.0 Å². The highest BCUT2D eigenvalue weighted by Gasteiger charge is 2.58. The summed E-state index contributed by atoms with van der Waals surface area (Å²) in [5, 5.41) is 67.0. The lowest BCUT2D eigenvalue weighted by atomic mass is 9.75. The second-order valence-corrected chi connectivity index (χ2v) is 24.1. The SMILES string of the molecule is CC[C@H]1OC(=O)[C@H](C)[C@@H](O[C@H]2C[C@@](C)(OC)[C@](O)(CNCCc3ccc(C(F)(F)F)cc3)[C@H](C)O2)[C@H](C)[C@@H](O[C@@H]2O[C@H](C)C[C@H](N(C)S(=O)(=O)Nc3ccc(C(F)(F)F)cc3)[C@H]2O)[C@](C)(O)C[C@@H](C)CN[C@H](C)[C@@H](O)[C@]1(C)O. The lowest BCUT2D eigenvalue weighted by molar-refractivity contribution is -0.336. The first-order valence-corrected chi connectivity index (χ1v) is 27.8. The van der Waals surface area contributed by atoms with Crippen LogP contribution in [0, 0.1) is 17.8 Å². The lowest BCUT2D eigenvalue weighted by Crippen LogP contribution is -2.70. The number of halogens is 6. The van der Waals surface area contributed by atoms with E-state index in [1.165, 1.54) is 47.1 Å². The molecule has 3 fully saturated rings. The number of nitrogens with zero attached hydrogens (tertiary/aromatic N) is 1. The first kappa shape index (κ1) is 65.5. The van der Waals surface area contributed by atoms with E-state index in [0.717, 1.165) is 28.6 Å². The van der Waals surface area contributed by atoms with Crippen LogP contribution in [0.3, 0.4) is 0 Å². The highest BCUT2D eigenvalue weighted by molar-refractivity contribution is 7.90. The summed E-state index contributed by atoms with van der Waals surface area (Å²) in [7, 11) is -2.02. The summed E-state index contributed by atoms with van der Waals surface area (Å²) in [6.45, 7) is 16.2. The van der Waals surface area contributed by atoms with Crippen LogP contribution in [0.2, 0.25) is 0 Å². The Hall–Kier alpha value is -3.28. The predicted octanol–water partition coefficient (Wildman–Crippen LogP) is 5.53. The van der Waals surface area contributed by atoms with Gasteiger partial charge in [0.15, 0.2) is 12.6 Å². The van der Waals surface area contributed by atoms with Crippen molar-refractivity contribution in [3.63, 3.8) is 0 Å². The molecule has 78 heavy (non-hydrogen) atoms. The van der Waals surface area contributed by atoms with E-state index in [9.17, 15) is 65.1 Å². The summed E-state index contributed by atoms with van der Waals surface area (Å²) in [5.74, 6) is -3.69. The van der Waals surface area contributed by atoms with E-state index < -0.39 is 147 Å². The van der Waals surface area contributed by atoms with Crippen LogP contribution in [-0.2, 0) is 62.2 Å². The molecule has 3 heterocycles. The maximum Gasteiger partial charge on any atom is 0.416 e. The maximum atomic E-state index is 14.6. The zero-order valence-electron chi connectivity index (χ0n) is 46.4. The minimum atomic E-state index is -4.67. The van der Waals surface area contributed by atoms with Gasteiger partial charge in [0.2, 0.25) is 0 Å². The van der Waals surface area contributed by atoms with Gasteiger partial charge in [-0.15, -0.1) is 0 Å². The molecule has 8 N–H and O–H groups in total. The van der Waals surface area contributed by atoms with Gasteiger partial charge in [0.05, 0.1) is 53.1 Å². The van der Waals surface area contributed by atoms with Crippen LogP contribution in [0.25, 0.3) is 0 Å². The summed E-state index contributed by atoms with van der Waals surface area (Å²) in [5.41, 5.74) is -8.42. The Morgan fingerprint density at radius 3 is 1.99 bits per heavy atom. The number of carbonyl (C=O) groups is 1. The number of carbonyl (C=O) groups excluding carboxylic acids is 1. The second kappa shape index (κ2) is 25.5. The lowest BCUT2D eigenvalue weighted by Gasteiger charge is -2.53. The fourth-order valence-corrected chi connectivity index (χ4v) is 12.2. The second-order valence-electron chi connectivity index (χ2n) is 22.4. The number of hydrogen-bond donors (Lipinski definition) is 8. The van der Waals surface area contributed by atoms with Crippen molar-refractivity contribution in [1.29, 1.82) is 0 Å². The Labute approximate surface area is 454 Å². The third-order valence-electron chi connectivity index (χ3n) is 16.1. The molecule has 0 unspecified atom stereocenters. The number of methoxy groups -OCH3 is 1. The third kappa shape index (κ3) is 15.2. The molecule has 0 saturated carbocycles. The minimum absolute atomic E-state index is 0.0396. The average molecular weight is 1150 g/mol. The molecule has 0 spiro atoms. The number of aliphatic hydroxyl groups is 5. The van der Waals surface area contributed by atoms with Crippen LogP contribution in [0.15, 0.2) is 48.5 Å². The summed E-state index contributed by atoms with van der Waals surface area (Å²) < 4.78 is 148. The van der Waals surface area contributed by atoms with E-state index in [2.05, 4.69) is 15.4 Å². The molecule has 25 heteroatoms. The molecular weight excluding hydrogens is 1060 g/mol. The number of aliphatic hydroxyl groups excluding tert-OH is 2. The quantitative estimate of drug-likeness (QED) is 0.0621. The molecule has 446 valence electrons. The van der Waals surface area contributed by atoms with Crippen molar-refractivity contribution in [3.8, 4) is 0 Å². The molecular formula is C53H82F6N4O14S. The van der Waals surface area contributed by atoms with E-state index in [4.69, 9.17) is 28.4 Å². The fraction of sp³-hybridized carbons (Fsp3) is 0.755. The third-order valence-corrected chi connectivity index (χ3v) is 17.6. The highest BCUT2D eigenvalue weighted by Crippen LogP contribution is 2.44. The van der Waals surface area contributed by atoms with Crippen molar-refractivity contribution >= 4 is 21.9 Å². The first-order chi connectivity index (χ1) is 35.9. The molecule has 2 aromatic carbocycles. The van der Waals surface area contributed by atoms with Crippen molar-refractivity contribution < 1.29 is 93.5 Å². The summed E-state index contributed by atoms with van der Waals surface area (Å²) >= 11 is 0. The van der Waals surface area contributed by atoms with Gasteiger partial charge in [0.1, 0.15) is 35.1 Å². The zero-order chi connectivity index (χ0) is 58.7. The Bertz CT molecular complexity index is 2370. The fourth-order valence-electron chi connectivity index (χ4n) is 11.1. The number of nitrogens with one attached hydrogen (secondary N) is 3. The average Bonchev–Trinajstić information content (AvgIpc) is 3.36. The molecule has 5 rings (SSSR count). The number of ether oxygens (including phenoxy) is 6. The number of cyclic esters (lactones) is 1. The molecule has 18 atom stereocenters. The first-order valence-electron chi connectivity index (χ1n) is 26.4. The molecule has 2 aromatic rings. The number of anilines is 1.